The summed E-state index contributed by atoms with van der Waals surface area (Å²) in [7, 11) is 0. The lowest BCUT2D eigenvalue weighted by molar-refractivity contribution is 0.671. The minimum Gasteiger partial charge on any atom is -0.454 e. The molecule has 0 saturated carbocycles. The summed E-state index contributed by atoms with van der Waals surface area (Å²) in [5.74, 6) is 0. The van der Waals surface area contributed by atoms with Crippen LogP contribution in [-0.2, 0) is 0 Å². The summed E-state index contributed by atoms with van der Waals surface area (Å²) in [6.07, 6.45) is 0. The number of nitriles is 1. The first-order valence-corrected chi connectivity index (χ1v) is 15.8. The maximum Gasteiger partial charge on any atom is 0.160 e. The average molecular weight is 600 g/mol. The van der Waals surface area contributed by atoms with Gasteiger partial charge in [0.1, 0.15) is 11.7 Å². The zero-order valence-electron chi connectivity index (χ0n) is 25.2. The van der Waals surface area contributed by atoms with Crippen LogP contribution in [0.1, 0.15) is 5.56 Å². The summed E-state index contributed by atoms with van der Waals surface area (Å²) >= 11 is 0. The summed E-state index contributed by atoms with van der Waals surface area (Å²) in [6.45, 7) is 0. The first kappa shape index (κ1) is 25.7. The highest BCUT2D eigenvalue weighted by molar-refractivity contribution is 6.21. The van der Waals surface area contributed by atoms with Gasteiger partial charge in [-0.15, -0.1) is 0 Å². The molecule has 0 amide bonds. The lowest BCUT2D eigenvalue weighted by Gasteiger charge is -2.16. The fourth-order valence-electron chi connectivity index (χ4n) is 7.55. The molecule has 3 aromatic heterocycles. The molecule has 7 aromatic carbocycles. The van der Waals surface area contributed by atoms with Crippen molar-refractivity contribution in [2.45, 2.75) is 0 Å². The van der Waals surface area contributed by atoms with Crippen LogP contribution < -0.4 is 0 Å². The van der Waals surface area contributed by atoms with E-state index in [4.69, 9.17) is 4.42 Å². The molecule has 3 heterocycles. The second kappa shape index (κ2) is 9.71. The van der Waals surface area contributed by atoms with Crippen LogP contribution in [0.4, 0.5) is 0 Å². The molecule has 10 aromatic rings. The number of furan rings is 1. The van der Waals surface area contributed by atoms with E-state index in [2.05, 4.69) is 143 Å². The molecular formula is C43H25N3O. The van der Waals surface area contributed by atoms with Crippen molar-refractivity contribution >= 4 is 65.6 Å². The van der Waals surface area contributed by atoms with Gasteiger partial charge in [-0.05, 0) is 54.1 Å². The third-order valence-electron chi connectivity index (χ3n) is 9.57. The SMILES string of the molecule is N#Cc1ccc(-c2ccccc2-n2c3ccccc3c3ccccc32)cc1-n1c2ccccc2c2ccc3c4ccccc4oc3c21. The topological polar surface area (TPSA) is 46.8 Å². The van der Waals surface area contributed by atoms with Crippen molar-refractivity contribution in [2.75, 3.05) is 0 Å². The van der Waals surface area contributed by atoms with Crippen molar-refractivity contribution in [2.24, 2.45) is 0 Å². The smallest absolute Gasteiger partial charge is 0.160 e. The molecule has 0 unspecified atom stereocenters. The standard InChI is InChI=1S/C43H25N3O/c44-26-28-22-21-27(29-11-1-6-16-36(29)45-37-17-7-2-12-30(37)31-13-3-8-18-38(31)45)25-40(28)46-39-19-9-4-14-32(39)34-23-24-35-33-15-5-10-20-41(33)47-43(35)42(34)46/h1-25H. The van der Waals surface area contributed by atoms with Gasteiger partial charge >= 0.3 is 0 Å². The Bertz CT molecular complexity index is 2880. The van der Waals surface area contributed by atoms with Crippen LogP contribution in [0.25, 0.3) is 88.1 Å². The van der Waals surface area contributed by atoms with Crippen LogP contribution in [0.5, 0.6) is 0 Å². The Balaban J connectivity index is 1.29. The number of rotatable bonds is 3. The Morgan fingerprint density at radius 3 is 1.77 bits per heavy atom. The number of para-hydroxylation sites is 5. The third kappa shape index (κ3) is 3.57. The number of aromatic nitrogens is 2. The lowest BCUT2D eigenvalue weighted by Crippen LogP contribution is -2.00. The molecule has 0 radical (unpaired) electrons. The monoisotopic (exact) mass is 599 g/mol. The van der Waals surface area contributed by atoms with Crippen molar-refractivity contribution in [3.05, 3.63) is 157 Å². The highest BCUT2D eigenvalue weighted by Gasteiger charge is 2.22. The minimum absolute atomic E-state index is 0.596. The van der Waals surface area contributed by atoms with Crippen LogP contribution in [0.3, 0.4) is 0 Å². The molecule has 0 aliphatic rings. The molecule has 0 N–H and O–H groups in total. The van der Waals surface area contributed by atoms with Crippen LogP contribution >= 0.6 is 0 Å². The molecule has 0 spiro atoms. The Morgan fingerprint density at radius 2 is 1.04 bits per heavy atom. The predicted molar refractivity (Wildman–Crippen MR) is 193 cm³/mol. The minimum atomic E-state index is 0.596. The molecule has 0 aliphatic heterocycles. The Labute approximate surface area is 269 Å². The van der Waals surface area contributed by atoms with Gasteiger partial charge in [0.05, 0.1) is 39.0 Å². The van der Waals surface area contributed by atoms with E-state index in [0.717, 1.165) is 77.3 Å². The molecule has 0 bridgehead atoms. The normalized spacial score (nSPS) is 11.8. The molecule has 10 rings (SSSR count). The van der Waals surface area contributed by atoms with E-state index < -0.39 is 0 Å². The van der Waals surface area contributed by atoms with Gasteiger partial charge in [-0.25, -0.2) is 0 Å². The Hall–Kier alpha value is -6.57. The highest BCUT2D eigenvalue weighted by atomic mass is 16.3. The molecule has 0 fully saturated rings. The average Bonchev–Trinajstić information content (AvgIpc) is 3.79. The predicted octanol–water partition coefficient (Wildman–Crippen LogP) is 11.3. The largest absolute Gasteiger partial charge is 0.454 e. The maximum absolute atomic E-state index is 10.5. The first-order chi connectivity index (χ1) is 23.3. The summed E-state index contributed by atoms with van der Waals surface area (Å²) in [4.78, 5) is 0. The van der Waals surface area contributed by atoms with E-state index in [0.29, 0.717) is 5.56 Å². The summed E-state index contributed by atoms with van der Waals surface area (Å²) in [5.41, 5.74) is 10.6. The van der Waals surface area contributed by atoms with Gasteiger partial charge in [-0.1, -0.05) is 103 Å². The molecule has 0 saturated heterocycles. The van der Waals surface area contributed by atoms with E-state index in [9.17, 15) is 5.26 Å². The zero-order valence-corrected chi connectivity index (χ0v) is 25.2. The molecular weight excluding hydrogens is 574 g/mol. The van der Waals surface area contributed by atoms with Crippen molar-refractivity contribution < 1.29 is 4.42 Å². The molecule has 0 aliphatic carbocycles. The molecule has 4 nitrogen and oxygen atoms in total. The number of benzene rings is 7. The van der Waals surface area contributed by atoms with E-state index in [-0.39, 0.29) is 0 Å². The van der Waals surface area contributed by atoms with Crippen LogP contribution in [-0.4, -0.2) is 9.13 Å². The molecule has 0 atom stereocenters. The first-order valence-electron chi connectivity index (χ1n) is 15.8. The third-order valence-corrected chi connectivity index (χ3v) is 9.57. The Morgan fingerprint density at radius 1 is 0.468 bits per heavy atom. The fourth-order valence-corrected chi connectivity index (χ4v) is 7.55. The van der Waals surface area contributed by atoms with Gasteiger partial charge in [0.25, 0.3) is 0 Å². The van der Waals surface area contributed by atoms with Crippen molar-refractivity contribution in [3.63, 3.8) is 0 Å². The van der Waals surface area contributed by atoms with Gasteiger partial charge < -0.3 is 13.6 Å². The van der Waals surface area contributed by atoms with Gasteiger partial charge in [0, 0.05) is 37.9 Å². The molecule has 47 heavy (non-hydrogen) atoms. The zero-order chi connectivity index (χ0) is 31.1. The van der Waals surface area contributed by atoms with Crippen molar-refractivity contribution in [1.82, 2.24) is 9.13 Å². The molecule has 218 valence electrons. The van der Waals surface area contributed by atoms with Gasteiger partial charge in [-0.2, -0.15) is 5.26 Å². The summed E-state index contributed by atoms with van der Waals surface area (Å²) in [6, 6.07) is 55.3. The van der Waals surface area contributed by atoms with Crippen LogP contribution in [0.15, 0.2) is 156 Å². The van der Waals surface area contributed by atoms with Crippen LogP contribution in [0.2, 0.25) is 0 Å². The highest BCUT2D eigenvalue weighted by Crippen LogP contribution is 2.42. The van der Waals surface area contributed by atoms with E-state index in [1.807, 2.05) is 24.3 Å². The summed E-state index contributed by atoms with van der Waals surface area (Å²) < 4.78 is 11.2. The van der Waals surface area contributed by atoms with Gasteiger partial charge in [-0.3, -0.25) is 0 Å². The number of hydrogen-bond acceptors (Lipinski definition) is 2. The molecule has 4 heteroatoms. The fraction of sp³-hybridized carbons (Fsp3) is 0. The second-order valence-electron chi connectivity index (χ2n) is 12.0. The Kier molecular flexibility index (Phi) is 5.32. The quantitative estimate of drug-likeness (QED) is 0.203. The van der Waals surface area contributed by atoms with Gasteiger partial charge in [0.15, 0.2) is 5.58 Å². The van der Waals surface area contributed by atoms with Crippen LogP contribution in [0, 0.1) is 11.3 Å². The van der Waals surface area contributed by atoms with E-state index in [1.54, 1.807) is 0 Å². The summed E-state index contributed by atoms with van der Waals surface area (Å²) in [5, 5.41) is 17.3. The van der Waals surface area contributed by atoms with E-state index >= 15 is 0 Å². The van der Waals surface area contributed by atoms with Gasteiger partial charge in [0.2, 0.25) is 0 Å². The lowest BCUT2D eigenvalue weighted by atomic mass is 10.00. The number of nitrogens with zero attached hydrogens (tertiary/aromatic N) is 3. The van der Waals surface area contributed by atoms with Crippen molar-refractivity contribution in [3.8, 4) is 28.6 Å². The second-order valence-corrected chi connectivity index (χ2v) is 12.0. The number of fused-ring (bicyclic) bond motifs is 10. The maximum atomic E-state index is 10.5. The van der Waals surface area contributed by atoms with Crippen molar-refractivity contribution in [1.29, 1.82) is 5.26 Å². The number of hydrogen-bond donors (Lipinski definition) is 0. The van der Waals surface area contributed by atoms with E-state index in [1.165, 1.54) is 10.8 Å².